The second kappa shape index (κ2) is 7.41. The number of nitrogens with one attached hydrogen (secondary N) is 1. The molecule has 0 saturated carbocycles. The first-order chi connectivity index (χ1) is 12.3. The van der Waals surface area contributed by atoms with Crippen LogP contribution in [0.4, 0.5) is 11.4 Å². The fourth-order valence-corrected chi connectivity index (χ4v) is 4.76. The van der Waals surface area contributed by atoms with Gasteiger partial charge in [-0.15, -0.1) is 10.2 Å². The lowest BCUT2D eigenvalue weighted by molar-refractivity contribution is -0.384. The molecule has 0 radical (unpaired) electrons. The Bertz CT molecular complexity index is 942. The topological polar surface area (TPSA) is 145 Å². The molecule has 1 N–H and O–H groups in total. The van der Waals surface area contributed by atoms with Crippen LogP contribution in [-0.2, 0) is 14.6 Å². The van der Waals surface area contributed by atoms with Gasteiger partial charge < -0.3 is 9.73 Å². The van der Waals surface area contributed by atoms with E-state index in [9.17, 15) is 23.3 Å². The summed E-state index contributed by atoms with van der Waals surface area (Å²) >= 11 is 1.00. The number of aromatic nitrogens is 2. The van der Waals surface area contributed by atoms with Crippen LogP contribution in [-0.4, -0.2) is 46.7 Å². The van der Waals surface area contributed by atoms with Crippen molar-refractivity contribution in [2.24, 2.45) is 0 Å². The number of hydrogen-bond donors (Lipinski definition) is 1. The summed E-state index contributed by atoms with van der Waals surface area (Å²) in [5, 5.41) is 21.1. The zero-order valence-electron chi connectivity index (χ0n) is 13.3. The number of carbonyl (C=O) groups excluding carboxylic acids is 1. The standard InChI is InChI=1S/C14H14N4O6S2/c19-12(15-10-2-1-3-11(6-10)18(20)21)7-25-14-17-16-13(24-14)9-4-5-26(22,23)8-9/h1-3,6,9H,4-5,7-8H2,(H,15,19)/t9-/m1/s1. The summed E-state index contributed by atoms with van der Waals surface area (Å²) in [5.41, 5.74) is 0.190. The van der Waals surface area contributed by atoms with Gasteiger partial charge in [0.05, 0.1) is 28.1 Å². The molecule has 2 aromatic rings. The lowest BCUT2D eigenvalue weighted by Gasteiger charge is -2.03. The minimum Gasteiger partial charge on any atom is -0.416 e. The van der Waals surface area contributed by atoms with E-state index in [4.69, 9.17) is 4.42 Å². The average molecular weight is 398 g/mol. The third-order valence-electron chi connectivity index (χ3n) is 3.67. The van der Waals surface area contributed by atoms with Gasteiger partial charge in [0.2, 0.25) is 11.8 Å². The first-order valence-electron chi connectivity index (χ1n) is 7.53. The Hall–Kier alpha value is -2.47. The summed E-state index contributed by atoms with van der Waals surface area (Å²) in [6, 6.07) is 5.60. The van der Waals surface area contributed by atoms with Gasteiger partial charge in [-0.25, -0.2) is 8.42 Å². The third kappa shape index (κ3) is 4.58. The van der Waals surface area contributed by atoms with Crippen molar-refractivity contribution in [3.05, 3.63) is 40.3 Å². The van der Waals surface area contributed by atoms with Crippen LogP contribution in [0.3, 0.4) is 0 Å². The number of rotatable bonds is 6. The maximum atomic E-state index is 11.9. The number of nitro groups is 1. The summed E-state index contributed by atoms with van der Waals surface area (Å²) < 4.78 is 28.4. The molecular formula is C14H14N4O6S2. The van der Waals surface area contributed by atoms with E-state index in [0.717, 1.165) is 11.8 Å². The molecule has 0 spiro atoms. The number of nitro benzene ring substituents is 1. The van der Waals surface area contributed by atoms with Crippen molar-refractivity contribution in [2.75, 3.05) is 22.6 Å². The fraction of sp³-hybridized carbons (Fsp3) is 0.357. The molecule has 0 aliphatic carbocycles. The van der Waals surface area contributed by atoms with Gasteiger partial charge in [0.1, 0.15) is 0 Å². The Morgan fingerprint density at radius 2 is 2.23 bits per heavy atom. The highest BCUT2D eigenvalue weighted by Gasteiger charge is 2.32. The molecule has 1 aromatic carbocycles. The molecule has 2 heterocycles. The molecular weight excluding hydrogens is 384 g/mol. The molecule has 138 valence electrons. The molecule has 1 fully saturated rings. The first kappa shape index (κ1) is 18.3. The van der Waals surface area contributed by atoms with Gasteiger partial charge in [-0.3, -0.25) is 14.9 Å². The van der Waals surface area contributed by atoms with Crippen LogP contribution < -0.4 is 5.32 Å². The molecule has 26 heavy (non-hydrogen) atoms. The van der Waals surface area contributed by atoms with Crippen molar-refractivity contribution in [1.29, 1.82) is 0 Å². The van der Waals surface area contributed by atoms with Crippen LogP contribution in [0.25, 0.3) is 0 Å². The largest absolute Gasteiger partial charge is 0.416 e. The molecule has 1 aromatic heterocycles. The van der Waals surface area contributed by atoms with Crippen molar-refractivity contribution in [3.8, 4) is 0 Å². The lowest BCUT2D eigenvalue weighted by atomic mass is 10.1. The molecule has 3 rings (SSSR count). The predicted molar refractivity (Wildman–Crippen MR) is 92.8 cm³/mol. The first-order valence-corrected chi connectivity index (χ1v) is 10.3. The van der Waals surface area contributed by atoms with Crippen molar-refractivity contribution < 1.29 is 22.6 Å². The molecule has 10 nitrogen and oxygen atoms in total. The number of sulfone groups is 1. The number of non-ortho nitro benzene ring substituents is 1. The third-order valence-corrected chi connectivity index (χ3v) is 6.26. The van der Waals surface area contributed by atoms with E-state index in [0.29, 0.717) is 12.1 Å². The summed E-state index contributed by atoms with van der Waals surface area (Å²) in [7, 11) is -3.05. The molecule has 1 atom stereocenters. The molecule has 1 amide bonds. The van der Waals surface area contributed by atoms with Gasteiger partial charge in [0.15, 0.2) is 9.84 Å². The van der Waals surface area contributed by atoms with Crippen LogP contribution in [0, 0.1) is 10.1 Å². The smallest absolute Gasteiger partial charge is 0.277 e. The summed E-state index contributed by atoms with van der Waals surface area (Å²) in [5.74, 6) is -0.375. The second-order valence-electron chi connectivity index (χ2n) is 5.65. The number of carbonyl (C=O) groups is 1. The molecule has 0 bridgehead atoms. The molecule has 0 unspecified atom stereocenters. The van der Waals surface area contributed by atoms with Crippen LogP contribution in [0.5, 0.6) is 0 Å². The van der Waals surface area contributed by atoms with Crippen LogP contribution in [0.15, 0.2) is 33.9 Å². The summed E-state index contributed by atoms with van der Waals surface area (Å²) in [6.45, 7) is 0. The van der Waals surface area contributed by atoms with Crippen molar-refractivity contribution in [3.63, 3.8) is 0 Å². The molecule has 12 heteroatoms. The van der Waals surface area contributed by atoms with E-state index in [1.807, 2.05) is 0 Å². The number of anilines is 1. The number of thioether (sulfide) groups is 1. The normalized spacial score (nSPS) is 18.5. The Kier molecular flexibility index (Phi) is 5.23. The highest BCUT2D eigenvalue weighted by molar-refractivity contribution is 7.99. The maximum Gasteiger partial charge on any atom is 0.277 e. The summed E-state index contributed by atoms with van der Waals surface area (Å²) in [4.78, 5) is 22.1. The molecule has 1 aliphatic heterocycles. The Balaban J connectivity index is 1.54. The van der Waals surface area contributed by atoms with Gasteiger partial charge in [-0.2, -0.15) is 0 Å². The molecule has 1 saturated heterocycles. The fourth-order valence-electron chi connectivity index (χ4n) is 2.46. The van der Waals surface area contributed by atoms with Gasteiger partial charge >= 0.3 is 0 Å². The molecule has 1 aliphatic rings. The number of benzene rings is 1. The van der Waals surface area contributed by atoms with E-state index >= 15 is 0 Å². The highest BCUT2D eigenvalue weighted by Crippen LogP contribution is 2.29. The van der Waals surface area contributed by atoms with E-state index in [1.165, 1.54) is 18.2 Å². The minimum atomic E-state index is -3.05. The Morgan fingerprint density at radius 1 is 1.42 bits per heavy atom. The van der Waals surface area contributed by atoms with Crippen LogP contribution in [0.2, 0.25) is 0 Å². The quantitative estimate of drug-likeness (QED) is 0.435. The second-order valence-corrected chi connectivity index (χ2v) is 8.81. The monoisotopic (exact) mass is 398 g/mol. The van der Waals surface area contributed by atoms with Crippen molar-refractivity contribution in [2.45, 2.75) is 17.6 Å². The predicted octanol–water partition coefficient (Wildman–Crippen LogP) is 1.61. The Morgan fingerprint density at radius 3 is 2.92 bits per heavy atom. The number of hydrogen-bond acceptors (Lipinski definition) is 9. The number of nitrogens with zero attached hydrogens (tertiary/aromatic N) is 3. The Labute approximate surface area is 152 Å². The van der Waals surface area contributed by atoms with E-state index in [-0.39, 0.29) is 40.0 Å². The highest BCUT2D eigenvalue weighted by atomic mass is 32.2. The summed E-state index contributed by atoms with van der Waals surface area (Å²) in [6.07, 6.45) is 0.446. The minimum absolute atomic E-state index is 0.00737. The van der Waals surface area contributed by atoms with Gasteiger partial charge in [0, 0.05) is 17.8 Å². The van der Waals surface area contributed by atoms with Gasteiger partial charge in [-0.05, 0) is 12.5 Å². The van der Waals surface area contributed by atoms with Crippen LogP contribution >= 0.6 is 11.8 Å². The lowest BCUT2D eigenvalue weighted by Crippen LogP contribution is -2.14. The van der Waals surface area contributed by atoms with Gasteiger partial charge in [0.25, 0.3) is 10.9 Å². The maximum absolute atomic E-state index is 11.9. The zero-order chi connectivity index (χ0) is 18.7. The number of amides is 1. The van der Waals surface area contributed by atoms with Crippen molar-refractivity contribution in [1.82, 2.24) is 10.2 Å². The van der Waals surface area contributed by atoms with E-state index in [2.05, 4.69) is 15.5 Å². The van der Waals surface area contributed by atoms with E-state index in [1.54, 1.807) is 6.07 Å². The zero-order valence-corrected chi connectivity index (χ0v) is 15.0. The SMILES string of the molecule is O=C(CSc1nnc([C@@H]2CCS(=O)(=O)C2)o1)Nc1cccc([N+](=O)[O-])c1. The van der Waals surface area contributed by atoms with E-state index < -0.39 is 20.7 Å². The van der Waals surface area contributed by atoms with Crippen LogP contribution in [0.1, 0.15) is 18.2 Å². The van der Waals surface area contributed by atoms with Crippen molar-refractivity contribution >= 4 is 38.9 Å². The average Bonchev–Trinajstić information content (AvgIpc) is 3.19. The van der Waals surface area contributed by atoms with Gasteiger partial charge in [-0.1, -0.05) is 17.8 Å².